The largest absolute Gasteiger partial charge is 0.421 e. The minimum absolute atomic E-state index is 0.0386. The summed E-state index contributed by atoms with van der Waals surface area (Å²) in [7, 11) is 0. The normalized spacial score (nSPS) is 12.1. The van der Waals surface area contributed by atoms with Gasteiger partial charge in [0.15, 0.2) is 0 Å². The maximum absolute atomic E-state index is 12.4. The molecule has 1 aromatic carbocycles. The molecule has 1 atom stereocenters. The van der Waals surface area contributed by atoms with Crippen LogP contribution in [0.3, 0.4) is 0 Å². The van der Waals surface area contributed by atoms with E-state index in [-0.39, 0.29) is 5.91 Å². The van der Waals surface area contributed by atoms with Crippen LogP contribution in [0.25, 0.3) is 11.5 Å². The van der Waals surface area contributed by atoms with Gasteiger partial charge in [0, 0.05) is 13.3 Å². The molecule has 0 saturated carbocycles. The van der Waals surface area contributed by atoms with E-state index in [4.69, 9.17) is 4.42 Å². The number of nitrogens with one attached hydrogen (secondary N) is 1. The van der Waals surface area contributed by atoms with E-state index in [0.717, 1.165) is 24.8 Å². The molecule has 0 aliphatic carbocycles. The van der Waals surface area contributed by atoms with Crippen molar-refractivity contribution in [2.24, 2.45) is 5.92 Å². The number of aromatic nitrogens is 2. The Balaban J connectivity index is 2.06. The monoisotopic (exact) mass is 315 g/mol. The molecular weight excluding hydrogens is 290 g/mol. The molecule has 0 saturated heterocycles. The molecule has 2 rings (SSSR count). The molecule has 0 unspecified atom stereocenters. The third-order valence-corrected chi connectivity index (χ3v) is 3.97. The number of carbonyl (C=O) groups is 1. The SMILES string of the molecule is CCCC[C@H](CC)CC(=O)Nc1ccccc1-c1nnc(C)o1. The molecule has 0 spiro atoms. The maximum atomic E-state index is 12.4. The highest BCUT2D eigenvalue weighted by molar-refractivity contribution is 5.94. The van der Waals surface area contributed by atoms with Gasteiger partial charge in [-0.25, -0.2) is 0 Å². The minimum atomic E-state index is 0.0386. The lowest BCUT2D eigenvalue weighted by Gasteiger charge is -2.15. The summed E-state index contributed by atoms with van der Waals surface area (Å²) in [5, 5.41) is 10.9. The van der Waals surface area contributed by atoms with E-state index in [1.807, 2.05) is 24.3 Å². The molecule has 1 heterocycles. The topological polar surface area (TPSA) is 68.0 Å². The first-order valence-electron chi connectivity index (χ1n) is 8.33. The predicted molar refractivity (Wildman–Crippen MR) is 91.0 cm³/mol. The number of carbonyl (C=O) groups excluding carboxylic acids is 1. The third kappa shape index (κ3) is 4.91. The average molecular weight is 315 g/mol. The van der Waals surface area contributed by atoms with Gasteiger partial charge in [-0.15, -0.1) is 10.2 Å². The second-order valence-corrected chi connectivity index (χ2v) is 5.84. The smallest absolute Gasteiger partial charge is 0.249 e. The molecular formula is C18H25N3O2. The van der Waals surface area contributed by atoms with Gasteiger partial charge in [-0.05, 0) is 24.5 Å². The fourth-order valence-corrected chi connectivity index (χ4v) is 2.59. The number of para-hydroxylation sites is 1. The summed E-state index contributed by atoms with van der Waals surface area (Å²) >= 11 is 0. The number of amides is 1. The van der Waals surface area contributed by atoms with Gasteiger partial charge in [0.05, 0.1) is 11.3 Å². The van der Waals surface area contributed by atoms with Gasteiger partial charge in [-0.1, -0.05) is 45.2 Å². The van der Waals surface area contributed by atoms with Crippen molar-refractivity contribution in [2.75, 3.05) is 5.32 Å². The van der Waals surface area contributed by atoms with Gasteiger partial charge >= 0.3 is 0 Å². The average Bonchev–Trinajstić information content (AvgIpc) is 2.98. The lowest BCUT2D eigenvalue weighted by Crippen LogP contribution is -2.16. The standard InChI is InChI=1S/C18H25N3O2/c1-4-6-9-14(5-2)12-17(22)19-16-11-8-7-10-15(16)18-21-20-13(3)23-18/h7-8,10-11,14H,4-6,9,12H2,1-3H3,(H,19,22)/t14-/m0/s1. The van der Waals surface area contributed by atoms with Crippen LogP contribution in [0.4, 0.5) is 5.69 Å². The van der Waals surface area contributed by atoms with E-state index in [0.29, 0.717) is 29.8 Å². The number of hydrogen-bond acceptors (Lipinski definition) is 4. The summed E-state index contributed by atoms with van der Waals surface area (Å²) in [5.74, 6) is 1.41. The zero-order valence-corrected chi connectivity index (χ0v) is 14.1. The van der Waals surface area contributed by atoms with Gasteiger partial charge in [0.1, 0.15) is 0 Å². The zero-order chi connectivity index (χ0) is 16.7. The molecule has 2 aromatic rings. The number of nitrogens with zero attached hydrogens (tertiary/aromatic N) is 2. The molecule has 124 valence electrons. The summed E-state index contributed by atoms with van der Waals surface area (Å²) < 4.78 is 5.47. The van der Waals surface area contributed by atoms with Crippen LogP contribution in [-0.2, 0) is 4.79 Å². The lowest BCUT2D eigenvalue weighted by molar-refractivity contribution is -0.117. The van der Waals surface area contributed by atoms with Crippen molar-refractivity contribution < 1.29 is 9.21 Å². The van der Waals surface area contributed by atoms with E-state index in [1.165, 1.54) is 6.42 Å². The van der Waals surface area contributed by atoms with Crippen molar-refractivity contribution in [3.63, 3.8) is 0 Å². The first-order valence-corrected chi connectivity index (χ1v) is 8.33. The molecule has 5 heteroatoms. The van der Waals surface area contributed by atoms with Crippen LogP contribution in [0.5, 0.6) is 0 Å². The van der Waals surface area contributed by atoms with Gasteiger partial charge in [0.2, 0.25) is 17.7 Å². The Labute approximate surface area is 137 Å². The van der Waals surface area contributed by atoms with Gasteiger partial charge in [-0.3, -0.25) is 4.79 Å². The zero-order valence-electron chi connectivity index (χ0n) is 14.1. The van der Waals surface area contributed by atoms with Crippen LogP contribution in [0.1, 0.15) is 51.8 Å². The van der Waals surface area contributed by atoms with Crippen molar-refractivity contribution in [1.82, 2.24) is 10.2 Å². The van der Waals surface area contributed by atoms with Crippen molar-refractivity contribution in [3.8, 4) is 11.5 Å². The summed E-state index contributed by atoms with van der Waals surface area (Å²) in [6.07, 6.45) is 5.01. The molecule has 0 bridgehead atoms. The van der Waals surface area contributed by atoms with Crippen LogP contribution in [0.2, 0.25) is 0 Å². The van der Waals surface area contributed by atoms with Crippen LogP contribution >= 0.6 is 0 Å². The number of aryl methyl sites for hydroxylation is 1. The molecule has 0 aliphatic heterocycles. The number of hydrogen-bond donors (Lipinski definition) is 1. The third-order valence-electron chi connectivity index (χ3n) is 3.97. The van der Waals surface area contributed by atoms with E-state index in [9.17, 15) is 4.79 Å². The number of anilines is 1. The van der Waals surface area contributed by atoms with E-state index in [2.05, 4.69) is 29.4 Å². The van der Waals surface area contributed by atoms with Crippen LogP contribution in [-0.4, -0.2) is 16.1 Å². The van der Waals surface area contributed by atoms with Gasteiger partial charge < -0.3 is 9.73 Å². The summed E-state index contributed by atoms with van der Waals surface area (Å²) in [6.45, 7) is 6.06. The molecule has 5 nitrogen and oxygen atoms in total. The fraction of sp³-hybridized carbons (Fsp3) is 0.500. The Morgan fingerprint density at radius 2 is 2.04 bits per heavy atom. The van der Waals surface area contributed by atoms with Gasteiger partial charge in [-0.2, -0.15) is 0 Å². The molecule has 1 amide bonds. The van der Waals surface area contributed by atoms with E-state index < -0.39 is 0 Å². The molecule has 0 radical (unpaired) electrons. The Bertz CT molecular complexity index is 637. The first kappa shape index (κ1) is 17.2. The summed E-state index contributed by atoms with van der Waals surface area (Å²) in [4.78, 5) is 12.4. The highest BCUT2D eigenvalue weighted by Crippen LogP contribution is 2.27. The van der Waals surface area contributed by atoms with Crippen molar-refractivity contribution in [2.45, 2.75) is 52.9 Å². The Morgan fingerprint density at radius 3 is 2.70 bits per heavy atom. The van der Waals surface area contributed by atoms with Gasteiger partial charge in [0.25, 0.3) is 0 Å². The molecule has 0 fully saturated rings. The minimum Gasteiger partial charge on any atom is -0.421 e. The molecule has 1 N–H and O–H groups in total. The second-order valence-electron chi connectivity index (χ2n) is 5.84. The molecule has 23 heavy (non-hydrogen) atoms. The number of benzene rings is 1. The van der Waals surface area contributed by atoms with E-state index in [1.54, 1.807) is 6.92 Å². The van der Waals surface area contributed by atoms with Crippen LogP contribution < -0.4 is 5.32 Å². The lowest BCUT2D eigenvalue weighted by atomic mass is 9.95. The predicted octanol–water partition coefficient (Wildman–Crippen LogP) is 4.59. The maximum Gasteiger partial charge on any atom is 0.249 e. The van der Waals surface area contributed by atoms with Crippen molar-refractivity contribution >= 4 is 11.6 Å². The fourth-order valence-electron chi connectivity index (χ4n) is 2.59. The second kappa shape index (κ2) is 8.46. The number of rotatable bonds is 8. The number of unbranched alkanes of at least 4 members (excludes halogenated alkanes) is 1. The molecule has 0 aliphatic rings. The van der Waals surface area contributed by atoms with Crippen LogP contribution in [0.15, 0.2) is 28.7 Å². The quantitative estimate of drug-likeness (QED) is 0.773. The van der Waals surface area contributed by atoms with Crippen LogP contribution in [0, 0.1) is 12.8 Å². The highest BCUT2D eigenvalue weighted by Gasteiger charge is 2.15. The first-order chi connectivity index (χ1) is 11.1. The highest BCUT2D eigenvalue weighted by atomic mass is 16.4. The summed E-state index contributed by atoms with van der Waals surface area (Å²) in [6, 6.07) is 7.51. The van der Waals surface area contributed by atoms with E-state index >= 15 is 0 Å². The molecule has 1 aromatic heterocycles. The Hall–Kier alpha value is -2.17. The van der Waals surface area contributed by atoms with Crippen molar-refractivity contribution in [3.05, 3.63) is 30.2 Å². The van der Waals surface area contributed by atoms with Crippen molar-refractivity contribution in [1.29, 1.82) is 0 Å². The summed E-state index contributed by atoms with van der Waals surface area (Å²) in [5.41, 5.74) is 1.47. The Morgan fingerprint density at radius 1 is 1.26 bits per heavy atom. The Kier molecular flexibility index (Phi) is 6.32.